The molecule has 6 nitrogen and oxygen atoms in total. The molecule has 0 atom stereocenters. The van der Waals surface area contributed by atoms with Gasteiger partial charge >= 0.3 is 6.09 Å². The van der Waals surface area contributed by atoms with Crippen LogP contribution in [0, 0.1) is 0 Å². The van der Waals surface area contributed by atoms with Gasteiger partial charge in [-0.2, -0.15) is 5.10 Å². The molecule has 1 amide bonds. The Kier molecular flexibility index (Phi) is 9.94. The predicted molar refractivity (Wildman–Crippen MR) is 76.3 cm³/mol. The number of rotatable bonds is 9. The summed E-state index contributed by atoms with van der Waals surface area (Å²) in [6.45, 7) is 2.44. The number of hydrogen-bond donors (Lipinski definition) is 3. The lowest BCUT2D eigenvalue weighted by molar-refractivity contribution is 0.156. The van der Waals surface area contributed by atoms with Gasteiger partial charge in [-0.1, -0.05) is 19.8 Å². The maximum absolute atomic E-state index is 10.4. The summed E-state index contributed by atoms with van der Waals surface area (Å²) in [4.78, 5) is 10.4. The van der Waals surface area contributed by atoms with E-state index in [0.29, 0.717) is 13.0 Å². The third-order valence-electron chi connectivity index (χ3n) is 2.25. The van der Waals surface area contributed by atoms with E-state index in [1.807, 2.05) is 0 Å². The van der Waals surface area contributed by atoms with Gasteiger partial charge in [0, 0.05) is 5.71 Å². The molecule has 0 saturated heterocycles. The Labute approximate surface area is 113 Å². The Bertz CT molecular complexity index is 295. The van der Waals surface area contributed by atoms with E-state index >= 15 is 0 Å². The number of thiocarbonyl (C=S) groups is 1. The van der Waals surface area contributed by atoms with E-state index in [0.717, 1.165) is 37.8 Å². The van der Waals surface area contributed by atoms with Crippen molar-refractivity contribution in [3.05, 3.63) is 0 Å². The minimum absolute atomic E-state index is 0.149. The molecule has 0 rings (SSSR count). The summed E-state index contributed by atoms with van der Waals surface area (Å²) in [6.07, 6.45) is 4.94. The number of nitrogens with zero attached hydrogens (tertiary/aromatic N) is 1. The van der Waals surface area contributed by atoms with Crippen molar-refractivity contribution in [2.45, 2.75) is 45.4 Å². The zero-order valence-corrected chi connectivity index (χ0v) is 11.6. The fraction of sp³-hybridized carbons (Fsp3) is 0.727. The first kappa shape index (κ1) is 16.6. The smallest absolute Gasteiger partial charge is 0.404 e. The molecule has 0 aliphatic heterocycles. The van der Waals surface area contributed by atoms with E-state index in [1.54, 1.807) is 0 Å². The molecule has 5 N–H and O–H groups in total. The second-order valence-electron chi connectivity index (χ2n) is 3.88. The van der Waals surface area contributed by atoms with Crippen LogP contribution in [0.15, 0.2) is 5.10 Å². The van der Waals surface area contributed by atoms with Crippen LogP contribution in [0.5, 0.6) is 0 Å². The van der Waals surface area contributed by atoms with Gasteiger partial charge in [0.25, 0.3) is 0 Å². The van der Waals surface area contributed by atoms with Gasteiger partial charge in [0.1, 0.15) is 0 Å². The van der Waals surface area contributed by atoms with Gasteiger partial charge in [-0.25, -0.2) is 4.79 Å². The monoisotopic (exact) mass is 274 g/mol. The highest BCUT2D eigenvalue weighted by molar-refractivity contribution is 7.80. The first-order valence-corrected chi connectivity index (χ1v) is 6.50. The molecule has 0 spiro atoms. The third-order valence-corrected chi connectivity index (χ3v) is 2.34. The van der Waals surface area contributed by atoms with Gasteiger partial charge in [-0.15, -0.1) is 0 Å². The van der Waals surface area contributed by atoms with Gasteiger partial charge in [0.05, 0.1) is 6.61 Å². The molecule has 0 saturated carbocycles. The van der Waals surface area contributed by atoms with E-state index in [-0.39, 0.29) is 5.11 Å². The molecule has 104 valence electrons. The summed E-state index contributed by atoms with van der Waals surface area (Å²) in [7, 11) is 0. The minimum Gasteiger partial charge on any atom is -0.450 e. The van der Waals surface area contributed by atoms with Crippen LogP contribution in [0.3, 0.4) is 0 Å². The topological polar surface area (TPSA) is 103 Å². The number of carbonyl (C=O) groups excluding carboxylic acids is 1. The average Bonchev–Trinajstić information content (AvgIpc) is 2.30. The summed E-state index contributed by atoms with van der Waals surface area (Å²) < 4.78 is 4.66. The highest BCUT2D eigenvalue weighted by Crippen LogP contribution is 2.05. The summed E-state index contributed by atoms with van der Waals surface area (Å²) in [5.74, 6) is 0. The average molecular weight is 274 g/mol. The number of carbonyl (C=O) groups is 1. The van der Waals surface area contributed by atoms with E-state index in [9.17, 15) is 4.79 Å². The highest BCUT2D eigenvalue weighted by atomic mass is 32.1. The quantitative estimate of drug-likeness (QED) is 0.257. The number of hydrogen-bond acceptors (Lipinski definition) is 4. The van der Waals surface area contributed by atoms with Crippen LogP contribution in [0.25, 0.3) is 0 Å². The predicted octanol–water partition coefficient (Wildman–Crippen LogP) is 1.63. The Morgan fingerprint density at radius 1 is 1.28 bits per heavy atom. The second-order valence-corrected chi connectivity index (χ2v) is 4.32. The molecule has 0 aromatic heterocycles. The minimum atomic E-state index is -0.749. The fourth-order valence-electron chi connectivity index (χ4n) is 1.40. The Balaban J connectivity index is 3.99. The van der Waals surface area contributed by atoms with Crippen LogP contribution in [-0.2, 0) is 4.74 Å². The molecule has 0 heterocycles. The number of amides is 1. The third kappa shape index (κ3) is 11.1. The van der Waals surface area contributed by atoms with Gasteiger partial charge in [-0.05, 0) is 37.9 Å². The molecule has 0 radical (unpaired) electrons. The normalized spacial score (nSPS) is 11.1. The van der Waals surface area contributed by atoms with Crippen molar-refractivity contribution in [3.63, 3.8) is 0 Å². The summed E-state index contributed by atoms with van der Waals surface area (Å²) in [5.41, 5.74) is 13.7. The Hall–Kier alpha value is -1.37. The summed E-state index contributed by atoms with van der Waals surface area (Å²) >= 11 is 4.69. The van der Waals surface area contributed by atoms with Crippen LogP contribution >= 0.6 is 12.2 Å². The molecule has 7 heteroatoms. The maximum atomic E-state index is 10.4. The number of hydrazone groups is 1. The van der Waals surface area contributed by atoms with Gasteiger partial charge in [0.15, 0.2) is 5.11 Å². The van der Waals surface area contributed by atoms with Gasteiger partial charge in [-0.3, -0.25) is 5.43 Å². The number of nitrogens with one attached hydrogen (secondary N) is 1. The number of primary amides is 1. The number of ether oxygens (including phenoxy) is 1. The van der Waals surface area contributed by atoms with Crippen LogP contribution in [0.1, 0.15) is 45.4 Å². The Morgan fingerprint density at radius 2 is 1.94 bits per heavy atom. The molecule has 0 bridgehead atoms. The molecule has 0 aromatic carbocycles. The molecular formula is C11H22N4O2S. The molecular weight excluding hydrogens is 252 g/mol. The summed E-state index contributed by atoms with van der Waals surface area (Å²) in [5, 5.41) is 4.29. The van der Waals surface area contributed by atoms with Crippen molar-refractivity contribution >= 4 is 29.1 Å². The molecule has 0 aliphatic rings. The van der Waals surface area contributed by atoms with E-state index in [2.05, 4.69) is 22.2 Å². The van der Waals surface area contributed by atoms with Crippen molar-refractivity contribution in [1.82, 2.24) is 5.43 Å². The lowest BCUT2D eigenvalue weighted by Crippen LogP contribution is -2.25. The van der Waals surface area contributed by atoms with E-state index < -0.39 is 6.09 Å². The zero-order valence-electron chi connectivity index (χ0n) is 10.8. The highest BCUT2D eigenvalue weighted by Gasteiger charge is 2.02. The van der Waals surface area contributed by atoms with E-state index in [4.69, 9.17) is 23.7 Å². The van der Waals surface area contributed by atoms with Crippen molar-refractivity contribution in [2.75, 3.05) is 6.61 Å². The lowest BCUT2D eigenvalue weighted by atomic mass is 10.1. The van der Waals surface area contributed by atoms with Crippen molar-refractivity contribution in [3.8, 4) is 0 Å². The largest absolute Gasteiger partial charge is 0.450 e. The van der Waals surface area contributed by atoms with Gasteiger partial charge < -0.3 is 16.2 Å². The molecule has 0 aliphatic carbocycles. The summed E-state index contributed by atoms with van der Waals surface area (Å²) in [6, 6.07) is 0. The fourth-order valence-corrected chi connectivity index (χ4v) is 1.44. The van der Waals surface area contributed by atoms with Crippen molar-refractivity contribution in [1.29, 1.82) is 0 Å². The SMILES string of the molecule is CCCCC/C(CCCOC(N)=O)=N/NC(N)=S. The van der Waals surface area contributed by atoms with E-state index in [1.165, 1.54) is 0 Å². The lowest BCUT2D eigenvalue weighted by Gasteiger charge is -2.07. The number of nitrogens with two attached hydrogens (primary N) is 2. The van der Waals surface area contributed by atoms with Gasteiger partial charge in [0.2, 0.25) is 0 Å². The van der Waals surface area contributed by atoms with Crippen LogP contribution < -0.4 is 16.9 Å². The van der Waals surface area contributed by atoms with Crippen LogP contribution in [0.4, 0.5) is 4.79 Å². The zero-order chi connectivity index (χ0) is 13.8. The molecule has 0 unspecified atom stereocenters. The van der Waals surface area contributed by atoms with Crippen molar-refractivity contribution < 1.29 is 9.53 Å². The second kappa shape index (κ2) is 10.8. The van der Waals surface area contributed by atoms with Crippen molar-refractivity contribution in [2.24, 2.45) is 16.6 Å². The molecule has 0 aromatic rings. The first-order chi connectivity index (χ1) is 8.56. The number of unbranched alkanes of at least 4 members (excludes halogenated alkanes) is 2. The first-order valence-electron chi connectivity index (χ1n) is 6.09. The standard InChI is InChI=1S/C11H22N4O2S/c1-2-3-4-6-9(14-15-10(12)18)7-5-8-17-11(13)16/h2-8H2,1H3,(H2,13,16)(H3,12,15,18)/b14-9-. The Morgan fingerprint density at radius 3 is 2.50 bits per heavy atom. The molecule has 0 fully saturated rings. The van der Waals surface area contributed by atoms with Crippen LogP contribution in [0.2, 0.25) is 0 Å². The molecule has 18 heavy (non-hydrogen) atoms. The van der Waals surface area contributed by atoms with Crippen LogP contribution in [-0.4, -0.2) is 23.5 Å². The maximum Gasteiger partial charge on any atom is 0.404 e.